The largest absolute Gasteiger partial charge is 0.519 e. The molecule has 0 spiro atoms. The molecule has 5 rings (SSSR count). The molecular formula is C79H104FN9O25. The maximum absolute atomic E-state index is 13.5. The van der Waals surface area contributed by atoms with Gasteiger partial charge in [-0.1, -0.05) is 76.2 Å². The standard InChI is InChI=1S/C36H48N4O11.C29H45N3O7.C13H8N2O7.CH3F/c1-23(2)29(20-27(41)9-8-10-32(43)39(6)7)33(44)38-30(21-37-34(45)51-36(3,4)5)31(42)19-24-11-13-25(14-12-24)22-49-35(46)50-28-17-15-26(16-18-28)40(47)48;1-19(2)23(16-22(34)9-8-10-26(36)32(6)7)27(37)31-24(17-30-28(38)39-29(3,4)5)25(35)15-20-11-13-21(18-33)14-12-20;16-13(21-11-5-1-9(2-6-11)14(17)18)22-12-7-3-10(4-8-12)15(19)20;1-2/h11-18,23,29-30H,8-10,19-22H2,1-7H3,(H,37,45)(H,38,44);11-14,19,23-24,33H,8-10,15-18H2,1-7H3,(H,30,38)(H,31,37);1-8H;1H3/t29-,30-;23-,24-;;/m00../s1/i;;;1D. The Morgan fingerprint density at radius 1 is 0.474 bits per heavy atom. The van der Waals surface area contributed by atoms with Gasteiger partial charge in [-0.15, -0.1) is 0 Å². The number of nitro groups is 3. The SMILES string of the molecule is CC(C)[C@H](CC(=O)CCCC(=O)N(C)C)C(=O)N[C@@H](CNC(=O)OC(C)(C)C)C(=O)Cc1ccc(CO)cc1.CC(C)[C@H](CC(=O)CCCC(=O)N(C)C)C(=O)N[C@@H](CNC(=O)OC(C)(C)C)C(=O)Cc1ccc(COC(=O)Oc2ccc([N+](=O)[O-])cc2)cc1.O=C(Oc1ccc([N+](=O)[O-])cc1)Oc1ccc([N+](=O)[O-])cc1.[2H]CF. The fourth-order valence-electron chi connectivity index (χ4n) is 9.88. The number of ketones is 4. The van der Waals surface area contributed by atoms with Gasteiger partial charge in [-0.05, 0) is 125 Å². The number of benzene rings is 5. The first-order valence-electron chi connectivity index (χ1n) is 36.7. The predicted molar refractivity (Wildman–Crippen MR) is 413 cm³/mol. The number of carbonyl (C=O) groups excluding carboxylic acids is 12. The molecule has 0 saturated heterocycles. The van der Waals surface area contributed by atoms with Gasteiger partial charge in [-0.25, -0.2) is 19.2 Å². The fourth-order valence-corrected chi connectivity index (χ4v) is 9.88. The number of nitrogens with one attached hydrogen (secondary N) is 4. The summed E-state index contributed by atoms with van der Waals surface area (Å²) in [6, 6.07) is 25.9. The van der Waals surface area contributed by atoms with Crippen molar-refractivity contribution >= 4 is 88.3 Å². The first-order valence-corrected chi connectivity index (χ1v) is 36.0. The van der Waals surface area contributed by atoms with Crippen LogP contribution in [-0.4, -0.2) is 173 Å². The molecule has 0 aliphatic rings. The Labute approximate surface area is 661 Å². The second-order valence-electron chi connectivity index (χ2n) is 28.8. The van der Waals surface area contributed by atoms with Crippen LogP contribution in [0.4, 0.5) is 40.6 Å². The number of rotatable bonds is 37. The van der Waals surface area contributed by atoms with Crippen molar-refractivity contribution in [3.63, 3.8) is 0 Å². The van der Waals surface area contributed by atoms with Gasteiger partial charge in [0.05, 0.1) is 29.9 Å². The maximum Gasteiger partial charge on any atom is 0.519 e. The summed E-state index contributed by atoms with van der Waals surface area (Å²) in [5.41, 5.74) is 0.593. The number of carbonyl (C=O) groups is 12. The molecule has 114 heavy (non-hydrogen) atoms. The molecule has 34 nitrogen and oxygen atoms in total. The molecule has 0 radical (unpaired) electrons. The molecule has 0 bridgehead atoms. The summed E-state index contributed by atoms with van der Waals surface area (Å²) in [6.07, 6.45) is -2.21. The van der Waals surface area contributed by atoms with Gasteiger partial charge in [0.15, 0.2) is 11.6 Å². The summed E-state index contributed by atoms with van der Waals surface area (Å²) in [4.78, 5) is 184. The molecule has 622 valence electrons. The average molecular weight is 1600 g/mol. The van der Waals surface area contributed by atoms with Crippen LogP contribution in [0, 0.1) is 54.0 Å². The fraction of sp³-hybridized carbons (Fsp3) is 0.468. The van der Waals surface area contributed by atoms with Crippen molar-refractivity contribution in [2.75, 3.05) is 48.4 Å². The zero-order chi connectivity index (χ0) is 86.9. The van der Waals surface area contributed by atoms with E-state index in [0.717, 1.165) is 0 Å². The van der Waals surface area contributed by atoms with E-state index in [1.54, 1.807) is 132 Å². The average Bonchev–Trinajstić information content (AvgIpc) is 0.868. The van der Waals surface area contributed by atoms with Crippen LogP contribution in [-0.2, 0) is 78.6 Å². The number of hydrogen-bond acceptors (Lipinski definition) is 25. The third-order valence-corrected chi connectivity index (χ3v) is 16.1. The monoisotopic (exact) mass is 1600 g/mol. The third kappa shape index (κ3) is 39.6. The summed E-state index contributed by atoms with van der Waals surface area (Å²) in [7, 11) is 5.59. The van der Waals surface area contributed by atoms with E-state index < -0.39 is 99.1 Å². The van der Waals surface area contributed by atoms with E-state index in [0.29, 0.717) is 35.1 Å². The zero-order valence-electron chi connectivity index (χ0n) is 67.5. The summed E-state index contributed by atoms with van der Waals surface area (Å²) in [5, 5.41) is 51.5. The van der Waals surface area contributed by atoms with Crippen LogP contribution in [0.25, 0.3) is 0 Å². The quantitative estimate of drug-likeness (QED) is 0.00810. The van der Waals surface area contributed by atoms with Gasteiger partial charge >= 0.3 is 24.5 Å². The number of alkyl halides is 1. The highest BCUT2D eigenvalue weighted by molar-refractivity contribution is 5.95. The van der Waals surface area contributed by atoms with Crippen LogP contribution in [0.1, 0.15) is 144 Å². The van der Waals surface area contributed by atoms with E-state index in [1.165, 1.54) is 82.6 Å². The minimum atomic E-state index is -1.14. The smallest absolute Gasteiger partial charge is 0.444 e. The normalized spacial score (nSPS) is 11.9. The lowest BCUT2D eigenvalue weighted by atomic mass is 9.88. The molecule has 5 N–H and O–H groups in total. The number of non-ortho nitro benzene ring substituents is 3. The number of nitro benzene ring substituents is 3. The first kappa shape index (κ1) is 96.0. The third-order valence-electron chi connectivity index (χ3n) is 16.1. The van der Waals surface area contributed by atoms with E-state index in [-0.39, 0.29) is 153 Å². The van der Waals surface area contributed by atoms with Crippen molar-refractivity contribution in [2.45, 2.75) is 170 Å². The molecule has 0 aromatic heterocycles. The van der Waals surface area contributed by atoms with E-state index in [4.69, 9.17) is 29.8 Å². The minimum absolute atomic E-state index is 0.00215. The summed E-state index contributed by atoms with van der Waals surface area (Å²) in [5.74, 6) is -3.81. The Bertz CT molecular complexity index is 4000. The zero-order valence-corrected chi connectivity index (χ0v) is 66.5. The number of nitrogens with zero attached hydrogens (tertiary/aromatic N) is 5. The molecule has 0 unspecified atom stereocenters. The highest BCUT2D eigenvalue weighted by Gasteiger charge is 2.33. The number of halogens is 1. The van der Waals surface area contributed by atoms with Crippen LogP contribution in [0.2, 0.25) is 0 Å². The van der Waals surface area contributed by atoms with Crippen LogP contribution < -0.4 is 35.5 Å². The molecule has 5 aromatic carbocycles. The first-order chi connectivity index (χ1) is 53.8. The Morgan fingerprint density at radius 2 is 0.772 bits per heavy atom. The summed E-state index contributed by atoms with van der Waals surface area (Å²) >= 11 is 0. The number of Topliss-reactive ketones (excluding diaryl/α,β-unsaturated/α-hetero) is 4. The van der Waals surface area contributed by atoms with Gasteiger partial charge in [0.2, 0.25) is 23.6 Å². The van der Waals surface area contributed by atoms with Gasteiger partial charge in [0.1, 0.15) is 58.7 Å². The molecule has 6 amide bonds. The highest BCUT2D eigenvalue weighted by Crippen LogP contribution is 2.25. The van der Waals surface area contributed by atoms with Crippen LogP contribution in [0.5, 0.6) is 17.2 Å². The highest BCUT2D eigenvalue weighted by atomic mass is 19.1. The predicted octanol–water partition coefficient (Wildman–Crippen LogP) is 11.4. The maximum atomic E-state index is 13.5. The number of aliphatic hydroxyl groups excluding tert-OH is 1. The number of aliphatic hydroxyl groups is 1. The molecule has 5 aromatic rings. The van der Waals surface area contributed by atoms with Gasteiger partial charge in [0, 0.05) is 141 Å². The number of alkyl carbamates (subject to hydrolysis) is 2. The summed E-state index contributed by atoms with van der Waals surface area (Å²) < 4.78 is 45.8. The van der Waals surface area contributed by atoms with Crippen molar-refractivity contribution in [1.82, 2.24) is 31.1 Å². The van der Waals surface area contributed by atoms with Crippen molar-refractivity contribution < 1.29 is 112 Å². The van der Waals surface area contributed by atoms with Gasteiger partial charge in [-0.2, -0.15) is 0 Å². The number of amides is 6. The minimum Gasteiger partial charge on any atom is -0.444 e. The molecule has 0 heterocycles. The molecule has 4 atom stereocenters. The van der Waals surface area contributed by atoms with Crippen molar-refractivity contribution in [1.29, 1.82) is 0 Å². The molecular weight excluding hydrogens is 1490 g/mol. The molecule has 0 fully saturated rings. The molecule has 0 saturated carbocycles. The van der Waals surface area contributed by atoms with Crippen LogP contribution in [0.15, 0.2) is 121 Å². The lowest BCUT2D eigenvalue weighted by Crippen LogP contribution is -2.51. The van der Waals surface area contributed by atoms with E-state index >= 15 is 0 Å². The van der Waals surface area contributed by atoms with E-state index in [9.17, 15) is 97.4 Å². The van der Waals surface area contributed by atoms with Crippen molar-refractivity contribution in [3.05, 3.63) is 174 Å². The van der Waals surface area contributed by atoms with Crippen LogP contribution in [0.3, 0.4) is 0 Å². The Hall–Kier alpha value is -12.2. The lowest BCUT2D eigenvalue weighted by Gasteiger charge is -2.25. The Morgan fingerprint density at radius 3 is 1.05 bits per heavy atom. The number of hydrogen-bond donors (Lipinski definition) is 5. The summed E-state index contributed by atoms with van der Waals surface area (Å²) in [6.45, 7) is 16.7. The Balaban J connectivity index is 0.000000615. The van der Waals surface area contributed by atoms with E-state index in [2.05, 4.69) is 21.3 Å². The lowest BCUT2D eigenvalue weighted by molar-refractivity contribution is -0.385. The second-order valence-corrected chi connectivity index (χ2v) is 28.8. The van der Waals surface area contributed by atoms with Gasteiger partial charge in [0.25, 0.3) is 17.1 Å². The second kappa shape index (κ2) is 49.3. The molecule has 0 aliphatic heterocycles. The number of ether oxygens (including phenoxy) is 6. The molecule has 0 aliphatic carbocycles. The van der Waals surface area contributed by atoms with E-state index in [1.807, 2.05) is 13.8 Å². The van der Waals surface area contributed by atoms with Gasteiger partial charge in [-0.3, -0.25) is 73.1 Å². The van der Waals surface area contributed by atoms with Crippen molar-refractivity contribution in [3.8, 4) is 17.2 Å². The van der Waals surface area contributed by atoms with Crippen molar-refractivity contribution in [2.24, 2.45) is 23.7 Å². The van der Waals surface area contributed by atoms with Gasteiger partial charge < -0.3 is 64.6 Å². The molecule has 35 heteroatoms. The Kier molecular flexibility index (Phi) is 41.5. The topological polar surface area (TPSA) is 464 Å². The van der Waals surface area contributed by atoms with Crippen LogP contribution >= 0.6 is 0 Å².